The molecule has 4 aromatic rings. The summed E-state index contributed by atoms with van der Waals surface area (Å²) in [4.78, 5) is 15.8. The van der Waals surface area contributed by atoms with Gasteiger partial charge in [0.2, 0.25) is 5.43 Å². The van der Waals surface area contributed by atoms with Crippen molar-refractivity contribution < 1.29 is 17.6 Å². The Morgan fingerprint density at radius 3 is 2.45 bits per heavy atom. The average molecular weight is 401 g/mol. The number of nitrogens with zero attached hydrogens (tertiary/aromatic N) is 5. The maximum atomic E-state index is 14.2. The second kappa shape index (κ2) is 6.97. The lowest BCUT2D eigenvalue weighted by molar-refractivity contribution is -0.141. The molecular formula is C19H11F4N5O. The lowest BCUT2D eigenvalue weighted by Crippen LogP contribution is -2.15. The van der Waals surface area contributed by atoms with Gasteiger partial charge in [0.1, 0.15) is 17.2 Å². The molecule has 0 amide bonds. The molecular weight excluding hydrogens is 390 g/mol. The van der Waals surface area contributed by atoms with Crippen LogP contribution < -0.4 is 5.43 Å². The summed E-state index contributed by atoms with van der Waals surface area (Å²) in [5, 5.41) is 8.25. The van der Waals surface area contributed by atoms with E-state index in [1.807, 2.05) is 0 Å². The van der Waals surface area contributed by atoms with Crippen molar-refractivity contribution in [2.24, 2.45) is 0 Å². The number of hydrogen-bond donors (Lipinski definition) is 0. The maximum absolute atomic E-state index is 14.2. The van der Waals surface area contributed by atoms with E-state index in [1.165, 1.54) is 58.2 Å². The van der Waals surface area contributed by atoms with Crippen LogP contribution in [0.1, 0.15) is 5.69 Å². The Hall–Kier alpha value is -3.82. The topological polar surface area (TPSA) is 65.6 Å². The minimum absolute atomic E-state index is 0.0480. The average Bonchev–Trinajstić information content (AvgIpc) is 3.17. The predicted octanol–water partition coefficient (Wildman–Crippen LogP) is 3.64. The van der Waals surface area contributed by atoms with Gasteiger partial charge in [-0.1, -0.05) is 12.1 Å². The van der Waals surface area contributed by atoms with Crippen LogP contribution in [0.2, 0.25) is 0 Å². The third-order valence-corrected chi connectivity index (χ3v) is 4.08. The molecule has 146 valence electrons. The van der Waals surface area contributed by atoms with E-state index in [2.05, 4.69) is 15.2 Å². The van der Waals surface area contributed by atoms with Crippen LogP contribution in [0.4, 0.5) is 17.6 Å². The van der Waals surface area contributed by atoms with Crippen LogP contribution in [-0.2, 0) is 6.18 Å². The van der Waals surface area contributed by atoms with E-state index in [1.54, 1.807) is 6.07 Å². The zero-order valence-electron chi connectivity index (χ0n) is 14.5. The highest BCUT2D eigenvalue weighted by molar-refractivity contribution is 5.57. The number of para-hydroxylation sites is 1. The molecule has 0 aliphatic heterocycles. The number of alkyl halides is 3. The summed E-state index contributed by atoms with van der Waals surface area (Å²) in [5.41, 5.74) is -0.974. The number of benzene rings is 1. The number of rotatable bonds is 3. The highest BCUT2D eigenvalue weighted by Gasteiger charge is 2.32. The summed E-state index contributed by atoms with van der Waals surface area (Å²) in [5.74, 6) is -0.541. The molecule has 10 heteroatoms. The Labute approximate surface area is 160 Å². The molecule has 0 unspecified atom stereocenters. The molecule has 1 aromatic carbocycles. The fourth-order valence-electron chi connectivity index (χ4n) is 2.72. The Balaban J connectivity index is 1.80. The highest BCUT2D eigenvalue weighted by Crippen LogP contribution is 2.27. The van der Waals surface area contributed by atoms with Gasteiger partial charge >= 0.3 is 6.18 Å². The van der Waals surface area contributed by atoms with Crippen molar-refractivity contribution in [2.75, 3.05) is 0 Å². The minimum Gasteiger partial charge on any atom is -0.287 e. The zero-order chi connectivity index (χ0) is 20.6. The Bertz CT molecular complexity index is 1230. The SMILES string of the molecule is O=c1ccn(-c2ccc(C(F)(F)F)nc2)nc1-c1ccnn1-c1ccccc1F. The molecule has 0 saturated carbocycles. The van der Waals surface area contributed by atoms with Crippen LogP contribution in [0.15, 0.2) is 71.9 Å². The molecule has 0 aliphatic carbocycles. The van der Waals surface area contributed by atoms with Crippen LogP contribution in [0.5, 0.6) is 0 Å². The van der Waals surface area contributed by atoms with Gasteiger partial charge < -0.3 is 0 Å². The van der Waals surface area contributed by atoms with Gasteiger partial charge in [-0.25, -0.2) is 18.7 Å². The first-order valence-corrected chi connectivity index (χ1v) is 8.27. The fourth-order valence-corrected chi connectivity index (χ4v) is 2.72. The van der Waals surface area contributed by atoms with Gasteiger partial charge in [-0.2, -0.15) is 23.4 Å². The molecule has 0 atom stereocenters. The van der Waals surface area contributed by atoms with Crippen molar-refractivity contribution in [3.8, 4) is 22.8 Å². The first-order chi connectivity index (χ1) is 13.8. The van der Waals surface area contributed by atoms with E-state index < -0.39 is 23.1 Å². The Morgan fingerprint density at radius 1 is 0.966 bits per heavy atom. The predicted molar refractivity (Wildman–Crippen MR) is 95.1 cm³/mol. The van der Waals surface area contributed by atoms with Crippen molar-refractivity contribution in [3.05, 3.63) is 88.9 Å². The number of pyridine rings is 1. The molecule has 0 spiro atoms. The van der Waals surface area contributed by atoms with Gasteiger partial charge in [0, 0.05) is 12.3 Å². The van der Waals surface area contributed by atoms with Gasteiger partial charge in [0.05, 0.1) is 23.8 Å². The van der Waals surface area contributed by atoms with E-state index >= 15 is 0 Å². The van der Waals surface area contributed by atoms with Gasteiger partial charge in [-0.05, 0) is 30.3 Å². The third-order valence-electron chi connectivity index (χ3n) is 4.08. The van der Waals surface area contributed by atoms with E-state index in [9.17, 15) is 22.4 Å². The first-order valence-electron chi connectivity index (χ1n) is 8.27. The number of halogens is 4. The standard InChI is InChI=1S/C19H11F4N5O/c20-13-3-1-2-4-14(13)28-15(7-9-25-28)18-16(29)8-10-27(26-18)12-5-6-17(24-11-12)19(21,22)23/h1-11H. The Kier molecular flexibility index (Phi) is 4.45. The van der Waals surface area contributed by atoms with E-state index in [0.717, 1.165) is 12.3 Å². The summed E-state index contributed by atoms with van der Waals surface area (Å²) >= 11 is 0. The van der Waals surface area contributed by atoms with Gasteiger partial charge in [0.15, 0.2) is 5.69 Å². The second-order valence-corrected chi connectivity index (χ2v) is 5.95. The van der Waals surface area contributed by atoms with Crippen molar-refractivity contribution in [2.45, 2.75) is 6.18 Å². The third kappa shape index (κ3) is 3.51. The smallest absolute Gasteiger partial charge is 0.287 e. The summed E-state index contributed by atoms with van der Waals surface area (Å²) in [6.45, 7) is 0. The second-order valence-electron chi connectivity index (χ2n) is 5.95. The lowest BCUT2D eigenvalue weighted by atomic mass is 10.2. The molecule has 3 heterocycles. The van der Waals surface area contributed by atoms with Crippen LogP contribution >= 0.6 is 0 Å². The molecule has 0 radical (unpaired) electrons. The molecule has 4 rings (SSSR count). The molecule has 29 heavy (non-hydrogen) atoms. The van der Waals surface area contributed by atoms with Crippen molar-refractivity contribution in [1.29, 1.82) is 0 Å². The van der Waals surface area contributed by atoms with Crippen LogP contribution in [-0.4, -0.2) is 24.5 Å². The first kappa shape index (κ1) is 18.5. The van der Waals surface area contributed by atoms with Gasteiger partial charge in [-0.3, -0.25) is 4.79 Å². The van der Waals surface area contributed by atoms with Crippen LogP contribution in [0.25, 0.3) is 22.8 Å². The fraction of sp³-hybridized carbons (Fsp3) is 0.0526. The van der Waals surface area contributed by atoms with Crippen molar-refractivity contribution >= 4 is 0 Å². The lowest BCUT2D eigenvalue weighted by Gasteiger charge is -2.11. The molecule has 0 N–H and O–H groups in total. The summed E-state index contributed by atoms with van der Waals surface area (Å²) in [6.07, 6.45) is -0.870. The number of hydrogen-bond acceptors (Lipinski definition) is 4. The van der Waals surface area contributed by atoms with E-state index in [0.29, 0.717) is 0 Å². The Morgan fingerprint density at radius 2 is 1.76 bits per heavy atom. The zero-order valence-corrected chi connectivity index (χ0v) is 14.5. The van der Waals surface area contributed by atoms with Crippen LogP contribution in [0.3, 0.4) is 0 Å². The molecule has 6 nitrogen and oxygen atoms in total. The molecule has 3 aromatic heterocycles. The van der Waals surface area contributed by atoms with E-state index in [-0.39, 0.29) is 22.8 Å². The number of aromatic nitrogens is 5. The van der Waals surface area contributed by atoms with E-state index in [4.69, 9.17) is 0 Å². The minimum atomic E-state index is -4.56. The van der Waals surface area contributed by atoms with Gasteiger partial charge in [0.25, 0.3) is 0 Å². The summed E-state index contributed by atoms with van der Waals surface area (Å²) in [6, 6.07) is 10.6. The summed E-state index contributed by atoms with van der Waals surface area (Å²) in [7, 11) is 0. The largest absolute Gasteiger partial charge is 0.433 e. The molecule has 0 fully saturated rings. The molecule has 0 aliphatic rings. The van der Waals surface area contributed by atoms with Crippen molar-refractivity contribution in [3.63, 3.8) is 0 Å². The maximum Gasteiger partial charge on any atom is 0.433 e. The normalized spacial score (nSPS) is 11.6. The quantitative estimate of drug-likeness (QED) is 0.492. The summed E-state index contributed by atoms with van der Waals surface area (Å²) < 4.78 is 54.7. The highest BCUT2D eigenvalue weighted by atomic mass is 19.4. The van der Waals surface area contributed by atoms with Gasteiger partial charge in [-0.15, -0.1) is 0 Å². The monoisotopic (exact) mass is 401 g/mol. The van der Waals surface area contributed by atoms with Crippen LogP contribution in [0, 0.1) is 5.82 Å². The molecule has 0 saturated heterocycles. The molecule has 0 bridgehead atoms. The van der Waals surface area contributed by atoms with Crippen molar-refractivity contribution in [1.82, 2.24) is 24.5 Å².